The van der Waals surface area contributed by atoms with Crippen LogP contribution in [0.4, 0.5) is 4.39 Å². The van der Waals surface area contributed by atoms with Crippen LogP contribution in [0.2, 0.25) is 0 Å². The van der Waals surface area contributed by atoms with E-state index >= 15 is 0 Å². The summed E-state index contributed by atoms with van der Waals surface area (Å²) in [5.74, 6) is -0.411. The maximum Gasteiger partial charge on any atom is 0.309 e. The van der Waals surface area contributed by atoms with Crippen molar-refractivity contribution in [2.75, 3.05) is 13.1 Å². The van der Waals surface area contributed by atoms with Gasteiger partial charge in [-0.3, -0.25) is 4.79 Å². The van der Waals surface area contributed by atoms with Crippen molar-refractivity contribution in [3.05, 3.63) is 35.6 Å². The highest BCUT2D eigenvalue weighted by atomic mass is 19.1. The lowest BCUT2D eigenvalue weighted by atomic mass is 9.98. The highest BCUT2D eigenvalue weighted by Crippen LogP contribution is 2.14. The summed E-state index contributed by atoms with van der Waals surface area (Å²) in [6.07, 6.45) is 1.67. The van der Waals surface area contributed by atoms with Gasteiger partial charge in [0.05, 0.1) is 5.92 Å². The number of carbonyl (C=O) groups is 1. The summed E-state index contributed by atoms with van der Waals surface area (Å²) in [4.78, 5) is 11.7. The molecule has 1 aliphatic rings. The van der Waals surface area contributed by atoms with E-state index in [2.05, 4.69) is 5.32 Å². The molecule has 0 spiro atoms. The number of esters is 1. The van der Waals surface area contributed by atoms with Crippen molar-refractivity contribution in [1.82, 2.24) is 5.32 Å². The predicted octanol–water partition coefficient (Wildman–Crippen LogP) is 1.87. The highest BCUT2D eigenvalue weighted by molar-refractivity contribution is 5.72. The summed E-state index contributed by atoms with van der Waals surface area (Å²) in [5, 5.41) is 3.20. The fraction of sp³-hybridized carbons (Fsp3) is 0.462. The molecule has 0 unspecified atom stereocenters. The first-order valence-electron chi connectivity index (χ1n) is 5.87. The largest absolute Gasteiger partial charge is 0.461 e. The first-order chi connectivity index (χ1) is 8.25. The average molecular weight is 237 g/mol. The normalized spacial score (nSPS) is 16.8. The molecular weight excluding hydrogens is 221 g/mol. The second-order valence-corrected chi connectivity index (χ2v) is 4.26. The van der Waals surface area contributed by atoms with Crippen LogP contribution in [0.1, 0.15) is 18.4 Å². The van der Waals surface area contributed by atoms with Crippen LogP contribution in [0.3, 0.4) is 0 Å². The first kappa shape index (κ1) is 12.0. The van der Waals surface area contributed by atoms with Crippen LogP contribution in [0.15, 0.2) is 24.3 Å². The van der Waals surface area contributed by atoms with Crippen LogP contribution in [0.5, 0.6) is 0 Å². The topological polar surface area (TPSA) is 38.3 Å². The van der Waals surface area contributed by atoms with Gasteiger partial charge in [-0.15, -0.1) is 0 Å². The minimum atomic E-state index is -0.279. The molecule has 1 heterocycles. The monoisotopic (exact) mass is 237 g/mol. The molecule has 0 bridgehead atoms. The second-order valence-electron chi connectivity index (χ2n) is 4.26. The zero-order chi connectivity index (χ0) is 12.1. The molecule has 0 aliphatic carbocycles. The SMILES string of the molecule is O=C(OCc1ccc(F)cc1)C1CCNCC1. The van der Waals surface area contributed by atoms with Crippen LogP contribution >= 0.6 is 0 Å². The number of rotatable bonds is 3. The molecule has 1 aromatic rings. The molecule has 0 aromatic heterocycles. The maximum atomic E-state index is 12.7. The van der Waals surface area contributed by atoms with Crippen LogP contribution < -0.4 is 5.32 Å². The third-order valence-corrected chi connectivity index (χ3v) is 2.97. The lowest BCUT2D eigenvalue weighted by Crippen LogP contribution is -2.32. The molecule has 1 aromatic carbocycles. The van der Waals surface area contributed by atoms with Gasteiger partial charge in [0.1, 0.15) is 12.4 Å². The van der Waals surface area contributed by atoms with Crippen LogP contribution in [-0.2, 0) is 16.1 Å². The van der Waals surface area contributed by atoms with E-state index in [1.807, 2.05) is 0 Å². The van der Waals surface area contributed by atoms with E-state index in [1.165, 1.54) is 12.1 Å². The number of nitrogens with one attached hydrogen (secondary N) is 1. The first-order valence-corrected chi connectivity index (χ1v) is 5.87. The maximum absolute atomic E-state index is 12.7. The Bertz CT molecular complexity index is 372. The number of ether oxygens (including phenoxy) is 1. The van der Waals surface area contributed by atoms with Crippen molar-refractivity contribution in [2.45, 2.75) is 19.4 Å². The molecule has 4 heteroatoms. The van der Waals surface area contributed by atoms with Gasteiger partial charge in [0, 0.05) is 0 Å². The molecule has 1 aliphatic heterocycles. The van der Waals surface area contributed by atoms with Crippen LogP contribution in [0.25, 0.3) is 0 Å². The van der Waals surface area contributed by atoms with Gasteiger partial charge >= 0.3 is 5.97 Å². The molecule has 2 rings (SSSR count). The zero-order valence-corrected chi connectivity index (χ0v) is 9.62. The van der Waals surface area contributed by atoms with E-state index < -0.39 is 0 Å². The molecule has 1 saturated heterocycles. The van der Waals surface area contributed by atoms with Gasteiger partial charge in [0.25, 0.3) is 0 Å². The molecule has 17 heavy (non-hydrogen) atoms. The number of benzene rings is 1. The van der Waals surface area contributed by atoms with Crippen molar-refractivity contribution < 1.29 is 13.9 Å². The number of hydrogen-bond donors (Lipinski definition) is 1. The summed E-state index contributed by atoms with van der Waals surface area (Å²) in [6.45, 7) is 1.97. The standard InChI is InChI=1S/C13H16FNO2/c14-12-3-1-10(2-4-12)9-17-13(16)11-5-7-15-8-6-11/h1-4,11,15H,5-9H2. The van der Waals surface area contributed by atoms with E-state index in [9.17, 15) is 9.18 Å². The zero-order valence-electron chi connectivity index (χ0n) is 9.62. The molecule has 3 nitrogen and oxygen atoms in total. The van der Waals surface area contributed by atoms with Gasteiger partial charge in [-0.05, 0) is 43.6 Å². The van der Waals surface area contributed by atoms with Crippen molar-refractivity contribution in [3.8, 4) is 0 Å². The second kappa shape index (κ2) is 5.77. The number of piperidine rings is 1. The summed E-state index contributed by atoms with van der Waals surface area (Å²) in [7, 11) is 0. The summed E-state index contributed by atoms with van der Waals surface area (Å²) < 4.78 is 17.9. The summed E-state index contributed by atoms with van der Waals surface area (Å²) in [6, 6.07) is 6.00. The highest BCUT2D eigenvalue weighted by Gasteiger charge is 2.22. The summed E-state index contributed by atoms with van der Waals surface area (Å²) >= 11 is 0. The van der Waals surface area contributed by atoms with Gasteiger partial charge in [0.2, 0.25) is 0 Å². The molecule has 1 N–H and O–H groups in total. The fourth-order valence-corrected chi connectivity index (χ4v) is 1.91. The molecular formula is C13H16FNO2. The lowest BCUT2D eigenvalue weighted by Gasteiger charge is -2.20. The minimum absolute atomic E-state index is 0.0108. The van der Waals surface area contributed by atoms with Gasteiger partial charge in [-0.2, -0.15) is 0 Å². The molecule has 0 radical (unpaired) electrons. The van der Waals surface area contributed by atoms with Gasteiger partial charge in [-0.25, -0.2) is 4.39 Å². The van der Waals surface area contributed by atoms with Crippen LogP contribution in [-0.4, -0.2) is 19.1 Å². The molecule has 0 saturated carbocycles. The Kier molecular flexibility index (Phi) is 4.09. The van der Waals surface area contributed by atoms with Gasteiger partial charge in [0.15, 0.2) is 0 Å². The van der Waals surface area contributed by atoms with E-state index in [1.54, 1.807) is 12.1 Å². The quantitative estimate of drug-likeness (QED) is 0.816. The number of carbonyl (C=O) groups excluding carboxylic acids is 1. The molecule has 0 atom stereocenters. The predicted molar refractivity (Wildman–Crippen MR) is 61.8 cm³/mol. The lowest BCUT2D eigenvalue weighted by molar-refractivity contribution is -0.150. The number of halogens is 1. The Balaban J connectivity index is 1.81. The third-order valence-electron chi connectivity index (χ3n) is 2.97. The van der Waals surface area contributed by atoms with Crippen molar-refractivity contribution in [3.63, 3.8) is 0 Å². The Morgan fingerprint density at radius 3 is 2.59 bits per heavy atom. The van der Waals surface area contributed by atoms with Crippen LogP contribution in [0, 0.1) is 11.7 Å². The third kappa shape index (κ3) is 3.53. The van der Waals surface area contributed by atoms with E-state index in [-0.39, 0.29) is 24.3 Å². The number of hydrogen-bond acceptors (Lipinski definition) is 3. The van der Waals surface area contributed by atoms with Crippen molar-refractivity contribution >= 4 is 5.97 Å². The fourth-order valence-electron chi connectivity index (χ4n) is 1.91. The molecule has 1 fully saturated rings. The van der Waals surface area contributed by atoms with Crippen molar-refractivity contribution in [1.29, 1.82) is 0 Å². The summed E-state index contributed by atoms with van der Waals surface area (Å²) in [5.41, 5.74) is 0.814. The molecule has 0 amide bonds. The average Bonchev–Trinajstić information content (AvgIpc) is 2.39. The van der Waals surface area contributed by atoms with E-state index in [0.717, 1.165) is 31.5 Å². The van der Waals surface area contributed by atoms with Crippen molar-refractivity contribution in [2.24, 2.45) is 5.92 Å². The Morgan fingerprint density at radius 1 is 1.29 bits per heavy atom. The van der Waals surface area contributed by atoms with E-state index in [0.29, 0.717) is 0 Å². The Labute approximate surface area is 100.0 Å². The van der Waals surface area contributed by atoms with Gasteiger partial charge < -0.3 is 10.1 Å². The Morgan fingerprint density at radius 2 is 1.94 bits per heavy atom. The molecule has 92 valence electrons. The Hall–Kier alpha value is -1.42. The minimum Gasteiger partial charge on any atom is -0.461 e. The van der Waals surface area contributed by atoms with E-state index in [4.69, 9.17) is 4.74 Å². The smallest absolute Gasteiger partial charge is 0.309 e. The van der Waals surface area contributed by atoms with Gasteiger partial charge in [-0.1, -0.05) is 12.1 Å².